The lowest BCUT2D eigenvalue weighted by atomic mass is 9.81. The van der Waals surface area contributed by atoms with E-state index in [2.05, 4.69) is 44.8 Å². The molecule has 0 aliphatic heterocycles. The third-order valence-electron chi connectivity index (χ3n) is 4.98. The summed E-state index contributed by atoms with van der Waals surface area (Å²) in [5.74, 6) is 0.890. The number of H-pyrrole nitrogens is 1. The molecule has 0 aliphatic carbocycles. The van der Waals surface area contributed by atoms with Crippen molar-refractivity contribution in [2.45, 2.75) is 39.0 Å². The Morgan fingerprint density at radius 1 is 1.04 bits per heavy atom. The second-order valence-electron chi connectivity index (χ2n) is 7.98. The first-order valence-corrected chi connectivity index (χ1v) is 9.32. The smallest absolute Gasteiger partial charge is 0.332 e. The molecule has 0 radical (unpaired) electrons. The van der Waals surface area contributed by atoms with Gasteiger partial charge in [-0.2, -0.15) is 0 Å². The van der Waals surface area contributed by atoms with Crippen LogP contribution < -0.4 is 16.0 Å². The molecule has 0 spiro atoms. The Kier molecular flexibility index (Phi) is 5.27. The number of aromatic nitrogens is 2. The molecule has 0 aliphatic rings. The van der Waals surface area contributed by atoms with Crippen LogP contribution in [0.1, 0.15) is 50.3 Å². The van der Waals surface area contributed by atoms with Gasteiger partial charge in [-0.25, -0.2) is 4.79 Å². The van der Waals surface area contributed by atoms with Crippen LogP contribution in [0.4, 0.5) is 0 Å². The maximum Gasteiger partial charge on any atom is 0.332 e. The van der Waals surface area contributed by atoms with Gasteiger partial charge in [0.15, 0.2) is 0 Å². The Balaban J connectivity index is 2.31. The van der Waals surface area contributed by atoms with Gasteiger partial charge in [0.1, 0.15) is 5.75 Å². The Morgan fingerprint density at radius 3 is 2.29 bits per heavy atom. The number of aromatic amines is 1. The zero-order valence-corrected chi connectivity index (χ0v) is 16.9. The van der Waals surface area contributed by atoms with Gasteiger partial charge in [-0.05, 0) is 23.1 Å². The van der Waals surface area contributed by atoms with Crippen LogP contribution in [-0.4, -0.2) is 16.7 Å². The number of nitrogens with one attached hydrogen (secondary N) is 1. The van der Waals surface area contributed by atoms with Gasteiger partial charge in [0.2, 0.25) is 0 Å². The van der Waals surface area contributed by atoms with Crippen LogP contribution in [0.2, 0.25) is 0 Å². The van der Waals surface area contributed by atoms with Crippen molar-refractivity contribution in [1.29, 1.82) is 0 Å². The van der Waals surface area contributed by atoms with Crippen LogP contribution in [0, 0.1) is 0 Å². The van der Waals surface area contributed by atoms with Crippen molar-refractivity contribution in [3.8, 4) is 11.4 Å². The molecular weight excluding hydrogens is 352 g/mol. The number of benzene rings is 2. The molecule has 146 valence electrons. The fourth-order valence-electron chi connectivity index (χ4n) is 3.42. The van der Waals surface area contributed by atoms with Crippen molar-refractivity contribution in [3.05, 3.63) is 92.3 Å². The summed E-state index contributed by atoms with van der Waals surface area (Å²) in [6.45, 7) is 8.46. The molecule has 0 bridgehead atoms. The quantitative estimate of drug-likeness (QED) is 0.747. The number of hydrogen-bond donors (Lipinski definition) is 1. The van der Waals surface area contributed by atoms with Crippen LogP contribution in [0.25, 0.3) is 5.69 Å². The summed E-state index contributed by atoms with van der Waals surface area (Å²) < 4.78 is 7.30. The Labute approximate surface area is 164 Å². The summed E-state index contributed by atoms with van der Waals surface area (Å²) in [7, 11) is 1.68. The van der Waals surface area contributed by atoms with Crippen molar-refractivity contribution in [2.75, 3.05) is 7.11 Å². The van der Waals surface area contributed by atoms with E-state index in [0.717, 1.165) is 22.4 Å². The summed E-state index contributed by atoms with van der Waals surface area (Å²) in [6.07, 6.45) is 1.51. The lowest BCUT2D eigenvalue weighted by molar-refractivity contribution is 0.391. The number of rotatable bonds is 4. The zero-order valence-electron chi connectivity index (χ0n) is 16.9. The summed E-state index contributed by atoms with van der Waals surface area (Å²) in [6, 6.07) is 15.5. The minimum Gasteiger partial charge on any atom is -0.496 e. The topological polar surface area (TPSA) is 64.1 Å². The highest BCUT2D eigenvalue weighted by Crippen LogP contribution is 2.40. The van der Waals surface area contributed by atoms with E-state index in [1.807, 2.05) is 30.3 Å². The zero-order chi connectivity index (χ0) is 20.5. The predicted molar refractivity (Wildman–Crippen MR) is 112 cm³/mol. The van der Waals surface area contributed by atoms with E-state index in [1.54, 1.807) is 7.11 Å². The molecule has 0 fully saturated rings. The summed E-state index contributed by atoms with van der Waals surface area (Å²) in [4.78, 5) is 26.2. The maximum absolute atomic E-state index is 12.4. The molecule has 1 atom stereocenters. The highest BCUT2D eigenvalue weighted by Gasteiger charge is 2.25. The molecule has 0 saturated heterocycles. The second-order valence-corrected chi connectivity index (χ2v) is 7.98. The van der Waals surface area contributed by atoms with Crippen LogP contribution >= 0.6 is 0 Å². The lowest BCUT2D eigenvalue weighted by Crippen LogP contribution is -2.28. The van der Waals surface area contributed by atoms with Crippen LogP contribution in [0.5, 0.6) is 5.75 Å². The normalized spacial score (nSPS) is 12.6. The molecule has 1 unspecified atom stereocenters. The van der Waals surface area contributed by atoms with Crippen molar-refractivity contribution in [2.24, 2.45) is 0 Å². The van der Waals surface area contributed by atoms with E-state index >= 15 is 0 Å². The first-order chi connectivity index (χ1) is 13.2. The average molecular weight is 378 g/mol. The first-order valence-electron chi connectivity index (χ1n) is 9.32. The third kappa shape index (κ3) is 3.79. The van der Waals surface area contributed by atoms with Crippen molar-refractivity contribution in [3.63, 3.8) is 0 Å². The summed E-state index contributed by atoms with van der Waals surface area (Å²) >= 11 is 0. The third-order valence-corrected chi connectivity index (χ3v) is 4.98. The molecule has 3 rings (SSSR count). The first kappa shape index (κ1) is 19.7. The van der Waals surface area contributed by atoms with Gasteiger partial charge in [0, 0.05) is 29.3 Å². The monoisotopic (exact) mass is 378 g/mol. The van der Waals surface area contributed by atoms with Gasteiger partial charge in [-0.1, -0.05) is 58.0 Å². The van der Waals surface area contributed by atoms with E-state index in [9.17, 15) is 9.59 Å². The number of hydrogen-bond acceptors (Lipinski definition) is 3. The number of methoxy groups -OCH3 is 1. The minimum atomic E-state index is -0.462. The molecule has 1 N–H and O–H groups in total. The molecule has 2 aromatic carbocycles. The summed E-state index contributed by atoms with van der Waals surface area (Å²) in [5, 5.41) is 0. The SMILES string of the molecule is COc1c(C(C)c2ccccc2)cc(-n2ccc(=O)[nH]c2=O)cc1C(C)(C)C. The molecule has 1 heterocycles. The van der Waals surface area contributed by atoms with E-state index in [-0.39, 0.29) is 11.3 Å². The van der Waals surface area contributed by atoms with E-state index in [1.165, 1.54) is 16.8 Å². The van der Waals surface area contributed by atoms with Gasteiger partial charge >= 0.3 is 5.69 Å². The van der Waals surface area contributed by atoms with Gasteiger partial charge in [-0.3, -0.25) is 14.3 Å². The Bertz CT molecular complexity index is 1090. The largest absolute Gasteiger partial charge is 0.496 e. The Hall–Kier alpha value is -3.08. The van der Waals surface area contributed by atoms with E-state index in [0.29, 0.717) is 5.69 Å². The maximum atomic E-state index is 12.4. The minimum absolute atomic E-state index is 0.0654. The van der Waals surface area contributed by atoms with Crippen LogP contribution in [0.3, 0.4) is 0 Å². The molecule has 0 saturated carbocycles. The summed E-state index contributed by atoms with van der Waals surface area (Å²) in [5.41, 5.74) is 2.78. The molecule has 5 nitrogen and oxygen atoms in total. The highest BCUT2D eigenvalue weighted by atomic mass is 16.5. The fraction of sp³-hybridized carbons (Fsp3) is 0.304. The standard InChI is InChI=1S/C23H26N2O3/c1-15(16-9-7-6-8-10-16)18-13-17(25-12-11-20(26)24-22(25)27)14-19(21(18)28-5)23(2,3)4/h6-15H,1-5H3,(H,24,26,27). The van der Waals surface area contributed by atoms with Gasteiger partial charge in [-0.15, -0.1) is 0 Å². The van der Waals surface area contributed by atoms with E-state index in [4.69, 9.17) is 4.74 Å². The number of nitrogens with zero attached hydrogens (tertiary/aromatic N) is 1. The van der Waals surface area contributed by atoms with Gasteiger partial charge in [0.05, 0.1) is 12.8 Å². The molecule has 5 heteroatoms. The molecule has 3 aromatic rings. The van der Waals surface area contributed by atoms with Gasteiger partial charge in [0.25, 0.3) is 5.56 Å². The molecule has 1 aromatic heterocycles. The Morgan fingerprint density at radius 2 is 1.71 bits per heavy atom. The second kappa shape index (κ2) is 7.50. The van der Waals surface area contributed by atoms with Crippen LogP contribution in [-0.2, 0) is 5.41 Å². The van der Waals surface area contributed by atoms with E-state index < -0.39 is 11.2 Å². The lowest BCUT2D eigenvalue weighted by Gasteiger charge is -2.27. The molecule has 28 heavy (non-hydrogen) atoms. The highest BCUT2D eigenvalue weighted by molar-refractivity contribution is 5.56. The fourth-order valence-corrected chi connectivity index (χ4v) is 3.42. The predicted octanol–water partition coefficient (Wildman–Crippen LogP) is 3.98. The molecular formula is C23H26N2O3. The van der Waals surface area contributed by atoms with Crippen molar-refractivity contribution >= 4 is 0 Å². The molecule has 0 amide bonds. The number of ether oxygens (including phenoxy) is 1. The van der Waals surface area contributed by atoms with Crippen molar-refractivity contribution in [1.82, 2.24) is 9.55 Å². The van der Waals surface area contributed by atoms with Crippen molar-refractivity contribution < 1.29 is 4.74 Å². The van der Waals surface area contributed by atoms with Gasteiger partial charge < -0.3 is 4.74 Å². The van der Waals surface area contributed by atoms with Crippen LogP contribution in [0.15, 0.2) is 64.3 Å². The average Bonchev–Trinajstić information content (AvgIpc) is 2.66.